The van der Waals surface area contributed by atoms with Gasteiger partial charge in [0.2, 0.25) is 0 Å². The van der Waals surface area contributed by atoms with Crippen molar-refractivity contribution in [2.75, 3.05) is 5.32 Å². The number of hydrogen-bond acceptors (Lipinski definition) is 5. The Hall–Kier alpha value is -2.76. The van der Waals surface area contributed by atoms with E-state index in [-0.39, 0.29) is 0 Å². The third-order valence-corrected chi connectivity index (χ3v) is 4.51. The largest absolute Gasteiger partial charge is 0.334 e. The molecule has 5 nitrogen and oxygen atoms in total. The minimum Gasteiger partial charge on any atom is -0.334 e. The lowest BCUT2D eigenvalue weighted by Gasteiger charge is -2.28. The molecule has 134 valence electrons. The molecule has 0 saturated heterocycles. The van der Waals surface area contributed by atoms with Crippen molar-refractivity contribution in [2.24, 2.45) is 16.5 Å². The van der Waals surface area contributed by atoms with Crippen molar-refractivity contribution in [2.45, 2.75) is 33.0 Å². The number of aliphatic imine (C=N–C) groups is 1. The molecule has 3 rings (SSSR count). The predicted octanol–water partition coefficient (Wildman–Crippen LogP) is 4.19. The molecule has 0 aliphatic heterocycles. The highest BCUT2D eigenvalue weighted by atomic mass is 15.3. The van der Waals surface area contributed by atoms with Crippen LogP contribution in [0.15, 0.2) is 59.6 Å². The number of aryl methyl sites for hydroxylation is 1. The van der Waals surface area contributed by atoms with E-state index >= 15 is 0 Å². The van der Waals surface area contributed by atoms with Crippen LogP contribution in [-0.2, 0) is 5.79 Å². The summed E-state index contributed by atoms with van der Waals surface area (Å²) in [5.74, 6) is -0.670. The molecule has 0 fully saturated rings. The fourth-order valence-corrected chi connectivity index (χ4v) is 2.84. The molecule has 0 unspecified atom stereocenters. The maximum Gasteiger partial charge on any atom is 0.167 e. The van der Waals surface area contributed by atoms with Gasteiger partial charge >= 0.3 is 0 Å². The SMILES string of the molecule is CCC(C)=Nc1c(NC(N)(N)c2ccccc2)nc2ccccc2c1C. The first-order valence-corrected chi connectivity index (χ1v) is 8.77. The third kappa shape index (κ3) is 3.59. The Morgan fingerprint density at radius 2 is 1.73 bits per heavy atom. The van der Waals surface area contributed by atoms with Crippen LogP contribution in [0.25, 0.3) is 10.9 Å². The maximum absolute atomic E-state index is 6.37. The fourth-order valence-electron chi connectivity index (χ4n) is 2.84. The Bertz CT molecular complexity index is 945. The van der Waals surface area contributed by atoms with Gasteiger partial charge in [0.15, 0.2) is 11.6 Å². The van der Waals surface area contributed by atoms with Crippen molar-refractivity contribution in [3.63, 3.8) is 0 Å². The minimum absolute atomic E-state index is 0.586. The van der Waals surface area contributed by atoms with E-state index in [4.69, 9.17) is 21.4 Å². The lowest BCUT2D eigenvalue weighted by molar-refractivity contribution is 0.537. The van der Waals surface area contributed by atoms with Gasteiger partial charge < -0.3 is 5.32 Å². The van der Waals surface area contributed by atoms with Gasteiger partial charge in [0.1, 0.15) is 5.69 Å². The van der Waals surface area contributed by atoms with Gasteiger partial charge in [0, 0.05) is 16.7 Å². The molecule has 5 N–H and O–H groups in total. The van der Waals surface area contributed by atoms with Gasteiger partial charge in [0.05, 0.1) is 5.52 Å². The Morgan fingerprint density at radius 3 is 2.42 bits per heavy atom. The first-order valence-electron chi connectivity index (χ1n) is 8.77. The number of nitrogens with zero attached hydrogens (tertiary/aromatic N) is 2. The van der Waals surface area contributed by atoms with E-state index in [1.165, 1.54) is 0 Å². The number of pyridine rings is 1. The van der Waals surface area contributed by atoms with E-state index in [1.807, 2.05) is 62.4 Å². The Morgan fingerprint density at radius 1 is 1.08 bits per heavy atom. The Labute approximate surface area is 154 Å². The molecule has 0 bridgehead atoms. The topological polar surface area (TPSA) is 89.3 Å². The number of anilines is 1. The molecule has 0 radical (unpaired) electrons. The average molecular weight is 347 g/mol. The molecule has 0 aliphatic rings. The molecule has 2 aromatic carbocycles. The number of para-hydroxylation sites is 1. The summed E-state index contributed by atoms with van der Waals surface area (Å²) in [4.78, 5) is 9.54. The summed E-state index contributed by atoms with van der Waals surface area (Å²) >= 11 is 0. The molecule has 1 heterocycles. The van der Waals surface area contributed by atoms with Gasteiger partial charge in [-0.15, -0.1) is 0 Å². The van der Waals surface area contributed by atoms with Crippen LogP contribution in [-0.4, -0.2) is 10.7 Å². The lowest BCUT2D eigenvalue weighted by atomic mass is 10.1. The highest BCUT2D eigenvalue weighted by Gasteiger charge is 2.24. The van der Waals surface area contributed by atoms with Crippen molar-refractivity contribution in [3.05, 3.63) is 65.7 Å². The zero-order chi connectivity index (χ0) is 18.7. The Balaban J connectivity index is 2.16. The van der Waals surface area contributed by atoms with Crippen LogP contribution in [0, 0.1) is 6.92 Å². The van der Waals surface area contributed by atoms with Crippen LogP contribution < -0.4 is 16.8 Å². The van der Waals surface area contributed by atoms with Crippen LogP contribution in [0.3, 0.4) is 0 Å². The highest BCUT2D eigenvalue weighted by Crippen LogP contribution is 2.35. The first-order chi connectivity index (χ1) is 12.4. The van der Waals surface area contributed by atoms with Crippen molar-refractivity contribution >= 4 is 28.1 Å². The van der Waals surface area contributed by atoms with Gasteiger partial charge in [-0.25, -0.2) is 4.98 Å². The minimum atomic E-state index is -1.26. The van der Waals surface area contributed by atoms with Crippen molar-refractivity contribution < 1.29 is 0 Å². The zero-order valence-electron chi connectivity index (χ0n) is 15.5. The molecular weight excluding hydrogens is 322 g/mol. The maximum atomic E-state index is 6.37. The van der Waals surface area contributed by atoms with Crippen LogP contribution in [0.2, 0.25) is 0 Å². The summed E-state index contributed by atoms with van der Waals surface area (Å²) in [6.45, 7) is 6.14. The van der Waals surface area contributed by atoms with Crippen molar-refractivity contribution in [1.82, 2.24) is 4.98 Å². The van der Waals surface area contributed by atoms with Gasteiger partial charge in [0.25, 0.3) is 0 Å². The lowest BCUT2D eigenvalue weighted by Crippen LogP contribution is -2.53. The molecular formula is C21H25N5. The summed E-state index contributed by atoms with van der Waals surface area (Å²) in [7, 11) is 0. The summed E-state index contributed by atoms with van der Waals surface area (Å²) in [5.41, 5.74) is 17.3. The molecule has 0 atom stereocenters. The predicted molar refractivity (Wildman–Crippen MR) is 110 cm³/mol. The van der Waals surface area contributed by atoms with E-state index in [1.54, 1.807) is 0 Å². The smallest absolute Gasteiger partial charge is 0.167 e. The van der Waals surface area contributed by atoms with Crippen LogP contribution >= 0.6 is 0 Å². The van der Waals surface area contributed by atoms with E-state index in [0.29, 0.717) is 5.82 Å². The highest BCUT2D eigenvalue weighted by molar-refractivity contribution is 5.93. The number of benzene rings is 2. The number of rotatable bonds is 5. The number of hydrogen-bond donors (Lipinski definition) is 3. The molecule has 3 aromatic rings. The molecule has 0 saturated carbocycles. The quantitative estimate of drug-likeness (QED) is 0.477. The molecule has 5 heteroatoms. The number of nitrogens with one attached hydrogen (secondary N) is 1. The van der Waals surface area contributed by atoms with E-state index < -0.39 is 5.79 Å². The van der Waals surface area contributed by atoms with Crippen LogP contribution in [0.5, 0.6) is 0 Å². The zero-order valence-corrected chi connectivity index (χ0v) is 15.5. The van der Waals surface area contributed by atoms with Gasteiger partial charge in [-0.2, -0.15) is 0 Å². The Kier molecular flexibility index (Phi) is 5.02. The fraction of sp³-hybridized carbons (Fsp3) is 0.238. The molecule has 0 aliphatic carbocycles. The number of nitrogens with two attached hydrogens (primary N) is 2. The first kappa shape index (κ1) is 18.0. The van der Waals surface area contributed by atoms with E-state index in [0.717, 1.165) is 39.8 Å². The van der Waals surface area contributed by atoms with Crippen molar-refractivity contribution in [3.8, 4) is 0 Å². The summed E-state index contributed by atoms with van der Waals surface area (Å²) in [5, 5.41) is 4.27. The van der Waals surface area contributed by atoms with E-state index in [2.05, 4.69) is 18.3 Å². The van der Waals surface area contributed by atoms with Gasteiger partial charge in [-0.1, -0.05) is 55.5 Å². The second-order valence-corrected chi connectivity index (χ2v) is 6.51. The number of fused-ring (bicyclic) bond motifs is 1. The second kappa shape index (κ2) is 7.23. The monoisotopic (exact) mass is 347 g/mol. The third-order valence-electron chi connectivity index (χ3n) is 4.51. The van der Waals surface area contributed by atoms with Crippen molar-refractivity contribution in [1.29, 1.82) is 0 Å². The molecule has 1 aromatic heterocycles. The summed E-state index contributed by atoms with van der Waals surface area (Å²) in [6, 6.07) is 17.5. The van der Waals surface area contributed by atoms with Crippen LogP contribution in [0.4, 0.5) is 11.5 Å². The standard InChI is InChI=1S/C21H25N5/c1-4-14(2)24-19-15(3)17-12-8-9-13-18(17)25-20(19)26-21(22,23)16-10-6-5-7-11-16/h5-13H,4,22-23H2,1-3H3,(H,25,26). The van der Waals surface area contributed by atoms with E-state index in [9.17, 15) is 0 Å². The van der Waals surface area contributed by atoms with Gasteiger partial charge in [-0.3, -0.25) is 16.5 Å². The van der Waals surface area contributed by atoms with Gasteiger partial charge in [-0.05, 0) is 31.9 Å². The second-order valence-electron chi connectivity index (χ2n) is 6.51. The molecule has 26 heavy (non-hydrogen) atoms. The van der Waals surface area contributed by atoms with Crippen LogP contribution in [0.1, 0.15) is 31.4 Å². The summed E-state index contributed by atoms with van der Waals surface area (Å²) < 4.78 is 0. The molecule has 0 amide bonds. The normalized spacial score (nSPS) is 12.4. The average Bonchev–Trinajstić information content (AvgIpc) is 2.65. The summed E-state index contributed by atoms with van der Waals surface area (Å²) in [6.07, 6.45) is 0.862. The molecule has 0 spiro atoms. The number of aromatic nitrogens is 1.